The molecule has 0 aliphatic rings. The fourth-order valence-electron chi connectivity index (χ4n) is 1.74. The number of nitrogens with two attached hydrogens (primary N) is 1. The van der Waals surface area contributed by atoms with Crippen LogP contribution in [-0.2, 0) is 11.2 Å². The van der Waals surface area contributed by atoms with Gasteiger partial charge in [-0.15, -0.1) is 21.5 Å². The van der Waals surface area contributed by atoms with Crippen molar-refractivity contribution in [3.8, 4) is 0 Å². The Bertz CT molecular complexity index is 553. The Labute approximate surface area is 118 Å². The Morgan fingerprint density at radius 1 is 1.63 bits per heavy atom. The number of carbonyl (C=O) groups is 1. The molecule has 2 heterocycles. The van der Waals surface area contributed by atoms with Crippen LogP contribution in [0.4, 0.5) is 5.95 Å². The number of nitrogen functional groups attached to an aromatic ring is 1. The monoisotopic (exact) mass is 298 g/mol. The zero-order chi connectivity index (χ0) is 13.8. The Balaban J connectivity index is 2.13. The number of aromatic nitrogens is 3. The predicted molar refractivity (Wildman–Crippen MR) is 75.5 cm³/mol. The molecule has 0 saturated carbocycles. The molecule has 0 amide bonds. The lowest BCUT2D eigenvalue weighted by Gasteiger charge is -2.15. The van der Waals surface area contributed by atoms with E-state index < -0.39 is 5.97 Å². The minimum atomic E-state index is -0.885. The zero-order valence-electron chi connectivity index (χ0n) is 10.3. The fourth-order valence-corrected chi connectivity index (χ4v) is 3.33. The van der Waals surface area contributed by atoms with Gasteiger partial charge < -0.3 is 10.8 Å². The van der Waals surface area contributed by atoms with Crippen molar-refractivity contribution in [3.63, 3.8) is 0 Å². The molecule has 0 saturated heterocycles. The van der Waals surface area contributed by atoms with E-state index in [0.717, 1.165) is 18.2 Å². The van der Waals surface area contributed by atoms with Crippen molar-refractivity contribution in [2.45, 2.75) is 24.5 Å². The lowest BCUT2D eigenvalue weighted by molar-refractivity contribution is -0.133. The summed E-state index contributed by atoms with van der Waals surface area (Å²) in [6.07, 6.45) is 0.820. The van der Waals surface area contributed by atoms with Crippen LogP contribution in [0.3, 0.4) is 0 Å². The number of nitrogens with zero attached hydrogens (tertiary/aromatic N) is 3. The minimum Gasteiger partial charge on any atom is -0.481 e. The van der Waals surface area contributed by atoms with Gasteiger partial charge in [0.1, 0.15) is 0 Å². The summed E-state index contributed by atoms with van der Waals surface area (Å²) in [6.45, 7) is 2.02. The maximum Gasteiger partial charge on any atom is 0.313 e. The van der Waals surface area contributed by atoms with Crippen molar-refractivity contribution in [2.75, 3.05) is 11.5 Å². The van der Waals surface area contributed by atoms with Gasteiger partial charge >= 0.3 is 5.97 Å². The summed E-state index contributed by atoms with van der Waals surface area (Å²) in [4.78, 5) is 11.9. The number of carboxylic acid groups (broad SMARTS) is 1. The van der Waals surface area contributed by atoms with E-state index in [2.05, 4.69) is 16.3 Å². The van der Waals surface area contributed by atoms with Crippen LogP contribution in [0.1, 0.15) is 17.8 Å². The number of rotatable bonds is 6. The number of hydrogen-bond donors (Lipinski definition) is 2. The fraction of sp³-hybridized carbons (Fsp3) is 0.364. The first-order valence-electron chi connectivity index (χ1n) is 5.65. The van der Waals surface area contributed by atoms with Crippen LogP contribution in [0, 0.1) is 0 Å². The first-order chi connectivity index (χ1) is 9.08. The zero-order valence-corrected chi connectivity index (χ0v) is 11.9. The molecule has 1 atom stereocenters. The molecule has 0 bridgehead atoms. The molecule has 6 nitrogen and oxygen atoms in total. The van der Waals surface area contributed by atoms with Crippen LogP contribution in [-0.4, -0.2) is 31.6 Å². The Morgan fingerprint density at radius 2 is 2.42 bits per heavy atom. The quantitative estimate of drug-likeness (QED) is 0.791. The van der Waals surface area contributed by atoms with Crippen molar-refractivity contribution in [1.29, 1.82) is 0 Å². The third kappa shape index (κ3) is 3.48. The van der Waals surface area contributed by atoms with E-state index in [4.69, 9.17) is 10.8 Å². The second-order valence-corrected chi connectivity index (χ2v) is 6.00. The summed E-state index contributed by atoms with van der Waals surface area (Å²) in [5.74, 6) is -0.620. The van der Waals surface area contributed by atoms with Gasteiger partial charge in [0.05, 0.1) is 5.75 Å². The lowest BCUT2D eigenvalue weighted by Crippen LogP contribution is -2.12. The van der Waals surface area contributed by atoms with Gasteiger partial charge in [-0.05, 0) is 18.4 Å². The first-order valence-corrected chi connectivity index (χ1v) is 7.51. The van der Waals surface area contributed by atoms with Crippen molar-refractivity contribution < 1.29 is 9.90 Å². The summed E-state index contributed by atoms with van der Waals surface area (Å²) in [5.41, 5.74) is 5.81. The molecule has 0 aliphatic carbocycles. The van der Waals surface area contributed by atoms with Gasteiger partial charge in [-0.3, -0.25) is 9.36 Å². The molecule has 2 aromatic heterocycles. The molecule has 19 heavy (non-hydrogen) atoms. The molecule has 102 valence electrons. The Kier molecular flexibility index (Phi) is 4.43. The summed E-state index contributed by atoms with van der Waals surface area (Å²) >= 11 is 2.81. The van der Waals surface area contributed by atoms with Gasteiger partial charge in [0.15, 0.2) is 5.16 Å². The lowest BCUT2D eigenvalue weighted by atomic mass is 10.2. The topological polar surface area (TPSA) is 94.0 Å². The second kappa shape index (κ2) is 6.07. The van der Waals surface area contributed by atoms with Crippen LogP contribution in [0.5, 0.6) is 0 Å². The molecular weight excluding hydrogens is 284 g/mol. The number of anilines is 1. The standard InChI is InChI=1S/C11H14N4O2S2/c1-7(5-8-3-2-4-18-8)15-10(12)13-14-11(15)19-6-9(16)17/h2-4,7H,5-6H2,1H3,(H2,12,13)(H,16,17). The smallest absolute Gasteiger partial charge is 0.313 e. The summed E-state index contributed by atoms with van der Waals surface area (Å²) in [7, 11) is 0. The molecule has 3 N–H and O–H groups in total. The number of hydrogen-bond acceptors (Lipinski definition) is 6. The Hall–Kier alpha value is -1.54. The number of thiophene rings is 1. The predicted octanol–water partition coefficient (Wildman–Crippen LogP) is 1.90. The van der Waals surface area contributed by atoms with E-state index in [0.29, 0.717) is 11.1 Å². The van der Waals surface area contributed by atoms with Gasteiger partial charge in [-0.2, -0.15) is 0 Å². The SMILES string of the molecule is CC(Cc1cccs1)n1c(N)nnc1SCC(=O)O. The van der Waals surface area contributed by atoms with E-state index in [1.807, 2.05) is 18.4 Å². The van der Waals surface area contributed by atoms with Crippen LogP contribution < -0.4 is 5.73 Å². The van der Waals surface area contributed by atoms with E-state index >= 15 is 0 Å². The molecule has 1 unspecified atom stereocenters. The largest absolute Gasteiger partial charge is 0.481 e. The molecule has 0 radical (unpaired) electrons. The molecule has 0 aliphatic heterocycles. The Morgan fingerprint density at radius 3 is 3.05 bits per heavy atom. The van der Waals surface area contributed by atoms with Crippen LogP contribution in [0.15, 0.2) is 22.7 Å². The van der Waals surface area contributed by atoms with Crippen molar-refractivity contribution >= 4 is 35.0 Å². The molecule has 8 heteroatoms. The number of carboxylic acids is 1. The molecule has 2 aromatic rings. The number of aliphatic carboxylic acids is 1. The van der Waals surface area contributed by atoms with E-state index in [9.17, 15) is 4.79 Å². The van der Waals surface area contributed by atoms with Gasteiger partial charge in [0, 0.05) is 17.3 Å². The van der Waals surface area contributed by atoms with Crippen LogP contribution in [0.25, 0.3) is 0 Å². The summed E-state index contributed by atoms with van der Waals surface area (Å²) < 4.78 is 1.79. The molecular formula is C11H14N4O2S2. The van der Waals surface area contributed by atoms with Gasteiger partial charge in [0.25, 0.3) is 0 Å². The average molecular weight is 298 g/mol. The minimum absolute atomic E-state index is 0.0517. The van der Waals surface area contributed by atoms with Crippen LogP contribution >= 0.6 is 23.1 Å². The van der Waals surface area contributed by atoms with Gasteiger partial charge in [-0.25, -0.2) is 0 Å². The molecule has 0 spiro atoms. The molecule has 0 fully saturated rings. The average Bonchev–Trinajstić information content (AvgIpc) is 2.96. The summed E-state index contributed by atoms with van der Waals surface area (Å²) in [6, 6.07) is 4.15. The first kappa shape index (κ1) is 13.9. The number of thioether (sulfide) groups is 1. The van der Waals surface area contributed by atoms with E-state index in [1.54, 1.807) is 15.9 Å². The third-order valence-corrected chi connectivity index (χ3v) is 4.36. The maximum atomic E-state index is 10.6. The highest BCUT2D eigenvalue weighted by Crippen LogP contribution is 2.26. The summed E-state index contributed by atoms with van der Waals surface area (Å²) in [5, 5.41) is 19.0. The van der Waals surface area contributed by atoms with Crippen molar-refractivity contribution in [2.24, 2.45) is 0 Å². The maximum absolute atomic E-state index is 10.6. The van der Waals surface area contributed by atoms with Gasteiger partial charge in [-0.1, -0.05) is 17.8 Å². The van der Waals surface area contributed by atoms with E-state index in [-0.39, 0.29) is 11.8 Å². The highest BCUT2D eigenvalue weighted by molar-refractivity contribution is 7.99. The molecule has 2 rings (SSSR count). The highest BCUT2D eigenvalue weighted by atomic mass is 32.2. The van der Waals surface area contributed by atoms with E-state index in [1.165, 1.54) is 4.88 Å². The van der Waals surface area contributed by atoms with Gasteiger partial charge in [0.2, 0.25) is 5.95 Å². The molecule has 0 aromatic carbocycles. The van der Waals surface area contributed by atoms with Crippen molar-refractivity contribution in [3.05, 3.63) is 22.4 Å². The van der Waals surface area contributed by atoms with Crippen molar-refractivity contribution in [1.82, 2.24) is 14.8 Å². The highest BCUT2D eigenvalue weighted by Gasteiger charge is 2.17. The van der Waals surface area contributed by atoms with Crippen LogP contribution in [0.2, 0.25) is 0 Å². The normalized spacial score (nSPS) is 12.5. The third-order valence-electron chi connectivity index (χ3n) is 2.53. The second-order valence-electron chi connectivity index (χ2n) is 4.03.